The number of nitrogens with zero attached hydrogens (tertiary/aromatic N) is 1. The summed E-state index contributed by atoms with van der Waals surface area (Å²) in [5.74, 6) is 0.674. The van der Waals surface area contributed by atoms with Gasteiger partial charge in [-0.3, -0.25) is 0 Å². The summed E-state index contributed by atoms with van der Waals surface area (Å²) in [4.78, 5) is 3.71. The summed E-state index contributed by atoms with van der Waals surface area (Å²) in [7, 11) is 1.59. The van der Waals surface area contributed by atoms with Crippen LogP contribution in [0.2, 0.25) is 0 Å². The van der Waals surface area contributed by atoms with Crippen LogP contribution in [0.5, 0.6) is 5.75 Å². The van der Waals surface area contributed by atoms with E-state index in [0.717, 1.165) is 0 Å². The Kier molecular flexibility index (Phi) is 4.77. The van der Waals surface area contributed by atoms with Gasteiger partial charge in [0.05, 0.1) is 7.11 Å². The molecule has 0 saturated carbocycles. The van der Waals surface area contributed by atoms with Crippen LogP contribution < -0.4 is 34.3 Å². The summed E-state index contributed by atoms with van der Waals surface area (Å²) < 4.78 is 4.80. The van der Waals surface area contributed by atoms with E-state index in [9.17, 15) is 0 Å². The van der Waals surface area contributed by atoms with E-state index in [4.69, 9.17) is 4.74 Å². The van der Waals surface area contributed by atoms with E-state index in [1.807, 2.05) is 0 Å². The van der Waals surface area contributed by atoms with Crippen LogP contribution in [0.25, 0.3) is 0 Å². The molecule has 0 saturated heterocycles. The number of pyridine rings is 1. The molecule has 1 heterocycles. The van der Waals surface area contributed by atoms with Crippen molar-refractivity contribution in [2.24, 2.45) is 0 Å². The fraction of sp³-hybridized carbons (Fsp3) is 0.167. The Labute approximate surface area is 76.5 Å². The second kappa shape index (κ2) is 4.79. The van der Waals surface area contributed by atoms with Crippen molar-refractivity contribution in [3.63, 3.8) is 0 Å². The van der Waals surface area contributed by atoms with Crippen molar-refractivity contribution in [2.75, 3.05) is 7.11 Å². The first-order valence-electron chi connectivity index (χ1n) is 2.30. The molecule has 1 aromatic heterocycles. The summed E-state index contributed by atoms with van der Waals surface area (Å²) in [5, 5.41) is 0. The molecule has 0 aliphatic rings. The Morgan fingerprint density at radius 1 is 1.67 bits per heavy atom. The fourth-order valence-corrected chi connectivity index (χ4v) is 0.425. The van der Waals surface area contributed by atoms with Gasteiger partial charge >= 0.3 is 29.6 Å². The molecule has 0 amide bonds. The first kappa shape index (κ1) is 8.95. The minimum absolute atomic E-state index is 0. The van der Waals surface area contributed by atoms with Gasteiger partial charge in [-0.2, -0.15) is 6.07 Å². The van der Waals surface area contributed by atoms with Crippen LogP contribution in [0.3, 0.4) is 0 Å². The zero-order chi connectivity index (χ0) is 5.82. The van der Waals surface area contributed by atoms with Crippen molar-refractivity contribution in [1.82, 2.24) is 4.98 Å². The van der Waals surface area contributed by atoms with Crippen molar-refractivity contribution in [3.8, 4) is 5.75 Å². The Hall–Kier alpha value is -0.0500. The minimum Gasteiger partial charge on any atom is -0.521 e. The second-order valence-electron chi connectivity index (χ2n) is 1.32. The van der Waals surface area contributed by atoms with E-state index in [2.05, 4.69) is 11.2 Å². The zero-order valence-corrected chi connectivity index (χ0v) is 7.59. The fourth-order valence-electron chi connectivity index (χ4n) is 0.425. The van der Waals surface area contributed by atoms with Gasteiger partial charge < -0.3 is 9.72 Å². The number of methoxy groups -OCH3 is 1. The molecule has 1 aromatic rings. The number of aromatic nitrogens is 1. The van der Waals surface area contributed by atoms with Crippen LogP contribution in [0.15, 0.2) is 18.3 Å². The molecule has 0 fully saturated rings. The second-order valence-corrected chi connectivity index (χ2v) is 1.32. The van der Waals surface area contributed by atoms with Gasteiger partial charge in [0.1, 0.15) is 0 Å². The Bertz CT molecular complexity index is 154. The maximum atomic E-state index is 4.80. The van der Waals surface area contributed by atoms with E-state index < -0.39 is 0 Å². The van der Waals surface area contributed by atoms with E-state index >= 15 is 0 Å². The van der Waals surface area contributed by atoms with E-state index in [1.165, 1.54) is 0 Å². The molecule has 0 aliphatic carbocycles. The van der Waals surface area contributed by atoms with E-state index in [-0.39, 0.29) is 29.6 Å². The number of hydrogen-bond acceptors (Lipinski definition) is 2. The van der Waals surface area contributed by atoms with Crippen molar-refractivity contribution in [1.29, 1.82) is 0 Å². The molecule has 0 aliphatic heterocycles. The smallest absolute Gasteiger partial charge is 0.521 e. The maximum absolute atomic E-state index is 4.80. The molecule has 0 N–H and O–H groups in total. The van der Waals surface area contributed by atoms with Gasteiger partial charge in [-0.15, -0.1) is 6.07 Å². The third-order valence-electron chi connectivity index (χ3n) is 0.803. The molecule has 9 heavy (non-hydrogen) atoms. The summed E-state index contributed by atoms with van der Waals surface area (Å²) in [6, 6.07) is 3.60. The predicted molar refractivity (Wildman–Crippen MR) is 29.6 cm³/mol. The van der Waals surface area contributed by atoms with Gasteiger partial charge in [-0.25, -0.2) is 0 Å². The van der Waals surface area contributed by atoms with Gasteiger partial charge in [-0.05, 0) is 6.20 Å². The normalized spacial score (nSPS) is 7.67. The van der Waals surface area contributed by atoms with E-state index in [1.54, 1.807) is 25.4 Å². The largest absolute Gasteiger partial charge is 1.00 e. The topological polar surface area (TPSA) is 22.1 Å². The molecular weight excluding hydrogens is 125 g/mol. The molecular formula is C6H6NNaO. The molecule has 0 radical (unpaired) electrons. The quantitative estimate of drug-likeness (QED) is 0.321. The molecule has 0 aromatic carbocycles. The number of rotatable bonds is 1. The third-order valence-corrected chi connectivity index (χ3v) is 0.803. The van der Waals surface area contributed by atoms with Gasteiger partial charge in [0, 0.05) is 5.75 Å². The van der Waals surface area contributed by atoms with Crippen molar-refractivity contribution in [2.45, 2.75) is 0 Å². The molecule has 0 unspecified atom stereocenters. The summed E-state index contributed by atoms with van der Waals surface area (Å²) in [5.41, 5.74) is 0. The van der Waals surface area contributed by atoms with Gasteiger partial charge in [0.2, 0.25) is 0 Å². The van der Waals surface area contributed by atoms with Crippen LogP contribution >= 0.6 is 0 Å². The van der Waals surface area contributed by atoms with Crippen LogP contribution in [0.1, 0.15) is 0 Å². The average molecular weight is 131 g/mol. The summed E-state index contributed by atoms with van der Waals surface area (Å²) >= 11 is 0. The van der Waals surface area contributed by atoms with Crippen molar-refractivity contribution in [3.05, 3.63) is 24.5 Å². The number of hydrogen-bond donors (Lipinski definition) is 0. The predicted octanol–water partition coefficient (Wildman–Crippen LogP) is -2.11. The van der Waals surface area contributed by atoms with Gasteiger partial charge in [-0.1, -0.05) is 6.20 Å². The molecule has 0 bridgehead atoms. The van der Waals surface area contributed by atoms with Gasteiger partial charge in [0.25, 0.3) is 0 Å². The van der Waals surface area contributed by atoms with Crippen molar-refractivity contribution >= 4 is 0 Å². The third kappa shape index (κ3) is 2.84. The maximum Gasteiger partial charge on any atom is 1.00 e. The van der Waals surface area contributed by atoms with Gasteiger partial charge in [0.15, 0.2) is 0 Å². The summed E-state index contributed by atoms with van der Waals surface area (Å²) in [6.45, 7) is 0. The molecule has 2 nitrogen and oxygen atoms in total. The molecule has 0 atom stereocenters. The van der Waals surface area contributed by atoms with Crippen molar-refractivity contribution < 1.29 is 34.3 Å². The minimum atomic E-state index is 0. The number of ether oxygens (including phenoxy) is 1. The monoisotopic (exact) mass is 131 g/mol. The Morgan fingerprint density at radius 2 is 2.44 bits per heavy atom. The Balaban J connectivity index is 0.000000640. The van der Waals surface area contributed by atoms with E-state index in [0.29, 0.717) is 5.75 Å². The molecule has 0 spiro atoms. The molecule has 1 rings (SSSR count). The van der Waals surface area contributed by atoms with Crippen LogP contribution in [-0.4, -0.2) is 12.1 Å². The van der Waals surface area contributed by atoms with Crippen LogP contribution in [-0.2, 0) is 0 Å². The Morgan fingerprint density at radius 3 is 2.78 bits per heavy atom. The average Bonchev–Trinajstić information content (AvgIpc) is 1.90. The molecule has 3 heteroatoms. The first-order chi connectivity index (χ1) is 3.93. The SMILES string of the molecule is COc1[c-]nccc1.[Na+]. The standard InChI is InChI=1S/C6H6NO.Na/c1-8-6-3-2-4-7-5-6;/h2-4H,1H3;/q-1;+1. The van der Waals surface area contributed by atoms with Crippen LogP contribution in [0.4, 0.5) is 0 Å². The summed E-state index contributed by atoms with van der Waals surface area (Å²) in [6.07, 6.45) is 4.30. The first-order valence-corrected chi connectivity index (χ1v) is 2.30. The van der Waals surface area contributed by atoms with Crippen LogP contribution in [0, 0.1) is 6.20 Å². The zero-order valence-electron chi connectivity index (χ0n) is 5.59. The molecule has 42 valence electrons.